The summed E-state index contributed by atoms with van der Waals surface area (Å²) >= 11 is 0. The number of amides is 1. The first-order valence-electron chi connectivity index (χ1n) is 10.9. The molecule has 172 valence electrons. The van der Waals surface area contributed by atoms with E-state index in [1.165, 1.54) is 24.3 Å². The van der Waals surface area contributed by atoms with E-state index < -0.39 is 5.82 Å². The SMILES string of the molecule is Cc1ccc(C)c(-c2cc(CN(Cc3ccc4c(c3)OCO4)C(=O)c3ccc(F)cc3)no2)c1. The first-order chi connectivity index (χ1) is 16.5. The molecule has 0 spiro atoms. The third-order valence-corrected chi connectivity index (χ3v) is 5.76. The van der Waals surface area contributed by atoms with Crippen molar-refractivity contribution in [3.63, 3.8) is 0 Å². The summed E-state index contributed by atoms with van der Waals surface area (Å²) in [7, 11) is 0. The third kappa shape index (κ3) is 4.50. The molecule has 4 aromatic rings. The maximum absolute atomic E-state index is 13.4. The fraction of sp³-hybridized carbons (Fsp3) is 0.185. The molecule has 1 aliphatic rings. The summed E-state index contributed by atoms with van der Waals surface area (Å²) in [5, 5.41) is 4.22. The Morgan fingerprint density at radius 1 is 0.941 bits per heavy atom. The molecule has 0 radical (unpaired) electrons. The molecule has 6 nitrogen and oxygen atoms in total. The largest absolute Gasteiger partial charge is 0.454 e. The number of rotatable bonds is 6. The number of fused-ring (bicyclic) bond motifs is 1. The zero-order chi connectivity index (χ0) is 23.7. The standard InChI is InChI=1S/C27H23FN2O4/c1-17-3-4-18(2)23(11-17)25-13-22(29-34-25)15-30(27(31)20-6-8-21(28)9-7-20)14-19-5-10-24-26(12-19)33-16-32-24/h3-13H,14-16H2,1-2H3. The van der Waals surface area contributed by atoms with Crippen LogP contribution in [0.2, 0.25) is 0 Å². The molecule has 2 heterocycles. The second kappa shape index (κ2) is 9.02. The molecule has 0 bridgehead atoms. The maximum Gasteiger partial charge on any atom is 0.254 e. The van der Waals surface area contributed by atoms with Crippen LogP contribution in [-0.2, 0) is 13.1 Å². The Morgan fingerprint density at radius 3 is 2.56 bits per heavy atom. The van der Waals surface area contributed by atoms with Gasteiger partial charge in [-0.25, -0.2) is 4.39 Å². The van der Waals surface area contributed by atoms with Gasteiger partial charge in [-0.2, -0.15) is 0 Å². The molecule has 7 heteroatoms. The predicted molar refractivity (Wildman–Crippen MR) is 124 cm³/mol. The molecular formula is C27H23FN2O4. The average molecular weight is 458 g/mol. The lowest BCUT2D eigenvalue weighted by molar-refractivity contribution is 0.0726. The number of carbonyl (C=O) groups excluding carboxylic acids is 1. The minimum Gasteiger partial charge on any atom is -0.454 e. The van der Waals surface area contributed by atoms with Crippen molar-refractivity contribution in [3.05, 3.63) is 100 Å². The topological polar surface area (TPSA) is 64.8 Å². The molecule has 0 saturated heterocycles. The van der Waals surface area contributed by atoms with Gasteiger partial charge in [0.1, 0.15) is 11.5 Å². The van der Waals surface area contributed by atoms with Crippen LogP contribution in [0.5, 0.6) is 11.5 Å². The van der Waals surface area contributed by atoms with E-state index in [0.29, 0.717) is 35.1 Å². The minimum absolute atomic E-state index is 0.178. The van der Waals surface area contributed by atoms with E-state index in [1.54, 1.807) is 4.90 Å². The van der Waals surface area contributed by atoms with Crippen LogP contribution in [0.4, 0.5) is 4.39 Å². The lowest BCUT2D eigenvalue weighted by atomic mass is 10.0. The number of halogens is 1. The summed E-state index contributed by atoms with van der Waals surface area (Å²) in [5.74, 6) is 1.33. The summed E-state index contributed by atoms with van der Waals surface area (Å²) in [4.78, 5) is 15.0. The van der Waals surface area contributed by atoms with E-state index in [-0.39, 0.29) is 19.2 Å². The van der Waals surface area contributed by atoms with Crippen molar-refractivity contribution in [3.8, 4) is 22.8 Å². The summed E-state index contributed by atoms with van der Waals surface area (Å²) < 4.78 is 29.9. The lowest BCUT2D eigenvalue weighted by Crippen LogP contribution is -2.30. The molecule has 3 aromatic carbocycles. The molecule has 1 aliphatic heterocycles. The lowest BCUT2D eigenvalue weighted by Gasteiger charge is -2.22. The monoisotopic (exact) mass is 458 g/mol. The molecule has 0 N–H and O–H groups in total. The summed E-state index contributed by atoms with van der Waals surface area (Å²) in [6, 6.07) is 19.1. The Bertz CT molecular complexity index is 1350. The number of nitrogens with zero attached hydrogens (tertiary/aromatic N) is 2. The molecule has 0 saturated carbocycles. The maximum atomic E-state index is 13.4. The molecule has 1 amide bonds. The van der Waals surface area contributed by atoms with Gasteiger partial charge in [0.15, 0.2) is 17.3 Å². The van der Waals surface area contributed by atoms with Crippen LogP contribution in [0.15, 0.2) is 71.3 Å². The van der Waals surface area contributed by atoms with E-state index in [0.717, 1.165) is 22.3 Å². The Labute approximate surface area is 196 Å². The second-order valence-electron chi connectivity index (χ2n) is 8.36. The predicted octanol–water partition coefficient (Wildman–Crippen LogP) is 5.67. The highest BCUT2D eigenvalue weighted by molar-refractivity contribution is 5.94. The molecule has 0 fully saturated rings. The third-order valence-electron chi connectivity index (χ3n) is 5.76. The fourth-order valence-electron chi connectivity index (χ4n) is 3.94. The molecule has 34 heavy (non-hydrogen) atoms. The van der Waals surface area contributed by atoms with E-state index in [4.69, 9.17) is 14.0 Å². The summed E-state index contributed by atoms with van der Waals surface area (Å²) in [6.07, 6.45) is 0. The number of hydrogen-bond donors (Lipinski definition) is 0. The highest BCUT2D eigenvalue weighted by Gasteiger charge is 2.21. The number of hydrogen-bond acceptors (Lipinski definition) is 5. The number of aromatic nitrogens is 1. The summed E-state index contributed by atoms with van der Waals surface area (Å²) in [6.45, 7) is 4.74. The van der Waals surface area contributed by atoms with Crippen molar-refractivity contribution in [2.45, 2.75) is 26.9 Å². The number of ether oxygens (including phenoxy) is 2. The van der Waals surface area contributed by atoms with E-state index in [9.17, 15) is 9.18 Å². The van der Waals surface area contributed by atoms with E-state index in [2.05, 4.69) is 5.16 Å². The van der Waals surface area contributed by atoms with Gasteiger partial charge in [0.05, 0.1) is 6.54 Å². The molecule has 0 atom stereocenters. The fourth-order valence-corrected chi connectivity index (χ4v) is 3.94. The van der Waals surface area contributed by atoms with Gasteiger partial charge in [-0.3, -0.25) is 4.79 Å². The van der Waals surface area contributed by atoms with Crippen molar-refractivity contribution >= 4 is 5.91 Å². The van der Waals surface area contributed by atoms with Crippen molar-refractivity contribution in [2.24, 2.45) is 0 Å². The molecular weight excluding hydrogens is 435 g/mol. The van der Waals surface area contributed by atoms with Gasteiger partial charge in [0.25, 0.3) is 5.91 Å². The zero-order valence-corrected chi connectivity index (χ0v) is 18.9. The minimum atomic E-state index is -0.395. The first-order valence-corrected chi connectivity index (χ1v) is 10.9. The van der Waals surface area contributed by atoms with Crippen LogP contribution in [-0.4, -0.2) is 22.8 Å². The van der Waals surface area contributed by atoms with Gasteiger partial charge < -0.3 is 18.9 Å². The Balaban J connectivity index is 1.43. The van der Waals surface area contributed by atoms with Crippen LogP contribution in [0, 0.1) is 19.7 Å². The van der Waals surface area contributed by atoms with Crippen molar-refractivity contribution < 1.29 is 23.2 Å². The molecule has 0 unspecified atom stereocenters. The molecule has 5 rings (SSSR count). The highest BCUT2D eigenvalue weighted by Crippen LogP contribution is 2.33. The first kappa shape index (κ1) is 21.7. The van der Waals surface area contributed by atoms with Crippen molar-refractivity contribution in [1.29, 1.82) is 0 Å². The average Bonchev–Trinajstić information content (AvgIpc) is 3.49. The number of aryl methyl sites for hydroxylation is 2. The van der Waals surface area contributed by atoms with Gasteiger partial charge in [0.2, 0.25) is 6.79 Å². The van der Waals surface area contributed by atoms with Crippen LogP contribution in [0.1, 0.15) is 32.7 Å². The number of benzene rings is 3. The van der Waals surface area contributed by atoms with Crippen LogP contribution in [0.3, 0.4) is 0 Å². The van der Waals surface area contributed by atoms with Gasteiger partial charge in [0, 0.05) is 23.7 Å². The highest BCUT2D eigenvalue weighted by atomic mass is 19.1. The zero-order valence-electron chi connectivity index (χ0n) is 18.9. The van der Waals surface area contributed by atoms with Crippen LogP contribution in [0.25, 0.3) is 11.3 Å². The van der Waals surface area contributed by atoms with Gasteiger partial charge in [-0.1, -0.05) is 28.9 Å². The van der Waals surface area contributed by atoms with Crippen molar-refractivity contribution in [2.75, 3.05) is 6.79 Å². The number of carbonyl (C=O) groups is 1. The smallest absolute Gasteiger partial charge is 0.254 e. The quantitative estimate of drug-likeness (QED) is 0.373. The van der Waals surface area contributed by atoms with Crippen LogP contribution >= 0.6 is 0 Å². The second-order valence-corrected chi connectivity index (χ2v) is 8.36. The summed E-state index contributed by atoms with van der Waals surface area (Å²) in [5.41, 5.74) is 5.04. The van der Waals surface area contributed by atoms with Crippen LogP contribution < -0.4 is 9.47 Å². The van der Waals surface area contributed by atoms with Crippen molar-refractivity contribution in [1.82, 2.24) is 10.1 Å². The molecule has 1 aromatic heterocycles. The van der Waals surface area contributed by atoms with Gasteiger partial charge >= 0.3 is 0 Å². The normalized spacial score (nSPS) is 12.1. The Hall–Kier alpha value is -4.13. The Kier molecular flexibility index (Phi) is 5.76. The van der Waals surface area contributed by atoms with Gasteiger partial charge in [-0.05, 0) is 67.4 Å². The van der Waals surface area contributed by atoms with Gasteiger partial charge in [-0.15, -0.1) is 0 Å². The van der Waals surface area contributed by atoms with E-state index in [1.807, 2.05) is 56.3 Å². The Morgan fingerprint density at radius 2 is 1.74 bits per heavy atom. The van der Waals surface area contributed by atoms with E-state index >= 15 is 0 Å². The molecule has 0 aliphatic carbocycles.